The summed E-state index contributed by atoms with van der Waals surface area (Å²) in [4.78, 5) is 5.00. The number of nitrogens with one attached hydrogen (secondary N) is 1. The number of anilines is 1. The smallest absolute Gasteiger partial charge is 0.401 e. The SMILES string of the molecule is Nc1ccc2[nH]c([C@@H]3Oc4c(O)ccc5c4[C@@]34CCN(CC(F)(F)F)[C@H](C5)C4)c(CCO)c2c1. The second-order valence-electron chi connectivity index (χ2n) is 9.80. The van der Waals surface area contributed by atoms with Gasteiger partial charge in [0.1, 0.15) is 6.10 Å². The van der Waals surface area contributed by atoms with Crippen LogP contribution in [0.5, 0.6) is 11.5 Å². The minimum Gasteiger partial charge on any atom is -0.504 e. The van der Waals surface area contributed by atoms with Gasteiger partial charge in [0.25, 0.3) is 0 Å². The van der Waals surface area contributed by atoms with Gasteiger partial charge in [-0.1, -0.05) is 6.07 Å². The number of likely N-dealkylation sites (tertiary alicyclic amines) is 1. The second-order valence-corrected chi connectivity index (χ2v) is 9.80. The Morgan fingerprint density at radius 2 is 2.06 bits per heavy atom. The van der Waals surface area contributed by atoms with Crippen LogP contribution in [0.2, 0.25) is 0 Å². The van der Waals surface area contributed by atoms with Crippen LogP contribution in [0.4, 0.5) is 18.9 Å². The van der Waals surface area contributed by atoms with Gasteiger partial charge in [0.2, 0.25) is 0 Å². The van der Waals surface area contributed by atoms with Crippen LogP contribution in [0.1, 0.15) is 41.3 Å². The van der Waals surface area contributed by atoms with Crippen LogP contribution in [0.25, 0.3) is 10.9 Å². The molecular formula is C25H26F3N3O3. The first-order valence-corrected chi connectivity index (χ1v) is 11.5. The molecule has 1 fully saturated rings. The number of piperidine rings is 1. The summed E-state index contributed by atoms with van der Waals surface area (Å²) in [5.74, 6) is 0.471. The zero-order valence-electron chi connectivity index (χ0n) is 18.5. The molecule has 3 aliphatic rings. The first-order valence-electron chi connectivity index (χ1n) is 11.5. The molecule has 1 saturated heterocycles. The molecule has 2 aromatic carbocycles. The third kappa shape index (κ3) is 3.10. The first-order chi connectivity index (χ1) is 16.2. The Morgan fingerprint density at radius 3 is 2.82 bits per heavy atom. The summed E-state index contributed by atoms with van der Waals surface area (Å²) in [6, 6.07) is 8.65. The maximum atomic E-state index is 13.3. The number of ether oxygens (including phenoxy) is 1. The van der Waals surface area contributed by atoms with Crippen molar-refractivity contribution in [1.82, 2.24) is 9.88 Å². The molecule has 1 spiro atoms. The number of nitrogens with two attached hydrogens (primary N) is 1. The molecule has 5 N–H and O–H groups in total. The monoisotopic (exact) mass is 473 g/mol. The number of benzene rings is 2. The van der Waals surface area contributed by atoms with Crippen molar-refractivity contribution in [1.29, 1.82) is 0 Å². The molecule has 2 aliphatic heterocycles. The van der Waals surface area contributed by atoms with Crippen molar-refractivity contribution in [3.63, 3.8) is 0 Å². The summed E-state index contributed by atoms with van der Waals surface area (Å²) < 4.78 is 46.4. The largest absolute Gasteiger partial charge is 0.504 e. The molecule has 9 heteroatoms. The van der Waals surface area contributed by atoms with Crippen LogP contribution in [0.3, 0.4) is 0 Å². The van der Waals surface area contributed by atoms with Gasteiger partial charge in [-0.3, -0.25) is 4.90 Å². The molecule has 180 valence electrons. The quantitative estimate of drug-likeness (QED) is 0.431. The van der Waals surface area contributed by atoms with E-state index < -0.39 is 24.2 Å². The molecule has 1 aromatic heterocycles. The van der Waals surface area contributed by atoms with Crippen molar-refractivity contribution < 1.29 is 28.1 Å². The number of aliphatic hydroxyl groups is 1. The van der Waals surface area contributed by atoms with E-state index >= 15 is 0 Å². The molecule has 34 heavy (non-hydrogen) atoms. The summed E-state index contributed by atoms with van der Waals surface area (Å²) in [5, 5.41) is 21.4. The van der Waals surface area contributed by atoms with E-state index in [4.69, 9.17) is 10.5 Å². The van der Waals surface area contributed by atoms with E-state index in [1.165, 1.54) is 4.90 Å². The average molecular weight is 473 g/mol. The summed E-state index contributed by atoms with van der Waals surface area (Å²) in [6.07, 6.45) is -2.92. The van der Waals surface area contributed by atoms with Gasteiger partial charge in [0.05, 0.1) is 12.2 Å². The molecule has 3 aromatic rings. The van der Waals surface area contributed by atoms with Crippen molar-refractivity contribution in [2.24, 2.45) is 0 Å². The lowest BCUT2D eigenvalue weighted by atomic mass is 9.61. The number of hydrogen-bond donors (Lipinski definition) is 4. The highest BCUT2D eigenvalue weighted by atomic mass is 19.4. The molecule has 6 rings (SSSR count). The number of phenolic OH excluding ortho intramolecular Hbond substituents is 1. The van der Waals surface area contributed by atoms with Crippen LogP contribution in [-0.4, -0.2) is 52.0 Å². The summed E-state index contributed by atoms with van der Waals surface area (Å²) in [7, 11) is 0. The maximum absolute atomic E-state index is 13.3. The molecule has 0 unspecified atom stereocenters. The number of aromatic nitrogens is 1. The molecule has 0 amide bonds. The molecule has 6 nitrogen and oxygen atoms in total. The van der Waals surface area contributed by atoms with Gasteiger partial charge in [-0.05, 0) is 67.6 Å². The summed E-state index contributed by atoms with van der Waals surface area (Å²) in [5.41, 5.74) is 10.5. The van der Waals surface area contributed by atoms with E-state index in [-0.39, 0.29) is 18.4 Å². The van der Waals surface area contributed by atoms with Crippen molar-refractivity contribution in [2.75, 3.05) is 25.4 Å². The number of nitrogen functional groups attached to an aromatic ring is 1. The van der Waals surface area contributed by atoms with E-state index in [0.717, 1.165) is 33.3 Å². The Balaban J connectivity index is 1.51. The Bertz CT molecular complexity index is 1290. The van der Waals surface area contributed by atoms with Gasteiger partial charge < -0.3 is 25.7 Å². The molecule has 0 saturated carbocycles. The molecule has 2 bridgehead atoms. The lowest BCUT2D eigenvalue weighted by Gasteiger charge is -2.50. The topological polar surface area (TPSA) is 94.7 Å². The summed E-state index contributed by atoms with van der Waals surface area (Å²) >= 11 is 0. The maximum Gasteiger partial charge on any atom is 0.401 e. The number of phenols is 1. The molecule has 1 aliphatic carbocycles. The fraction of sp³-hybridized carbons (Fsp3) is 0.440. The fourth-order valence-corrected chi connectivity index (χ4v) is 6.57. The number of H-pyrrole nitrogens is 1. The number of hydrogen-bond acceptors (Lipinski definition) is 5. The number of aromatic amines is 1. The highest BCUT2D eigenvalue weighted by Crippen LogP contribution is 2.63. The van der Waals surface area contributed by atoms with Crippen LogP contribution >= 0.6 is 0 Å². The van der Waals surface area contributed by atoms with Crippen LogP contribution in [-0.2, 0) is 18.3 Å². The highest BCUT2D eigenvalue weighted by molar-refractivity contribution is 5.88. The minimum atomic E-state index is -4.26. The van der Waals surface area contributed by atoms with Crippen molar-refractivity contribution in [3.8, 4) is 11.5 Å². The van der Waals surface area contributed by atoms with Gasteiger partial charge in [0.15, 0.2) is 11.5 Å². The normalized spacial score (nSPS) is 26.0. The van der Waals surface area contributed by atoms with E-state index in [9.17, 15) is 23.4 Å². The molecular weight excluding hydrogens is 447 g/mol. The highest BCUT2D eigenvalue weighted by Gasteiger charge is 2.59. The van der Waals surface area contributed by atoms with Gasteiger partial charge in [-0.2, -0.15) is 13.2 Å². The Morgan fingerprint density at radius 1 is 1.24 bits per heavy atom. The van der Waals surface area contributed by atoms with Crippen molar-refractivity contribution >= 4 is 16.6 Å². The van der Waals surface area contributed by atoms with Crippen LogP contribution < -0.4 is 10.5 Å². The predicted molar refractivity (Wildman–Crippen MR) is 121 cm³/mol. The number of alkyl halides is 3. The van der Waals surface area contributed by atoms with E-state index in [1.54, 1.807) is 12.1 Å². The standard InChI is InChI=1S/C25H26F3N3O3/c26-25(27,28)12-31-7-6-24-11-15(31)9-13-1-4-19(33)22(20(13)24)34-23(24)21-16(5-8-32)17-10-14(29)2-3-18(17)30-21/h1-4,10,15,23,30,32-33H,5-9,11-12,29H2/t15-,23+,24+/m1/s1. The first kappa shape index (κ1) is 21.6. The van der Waals surface area contributed by atoms with Crippen LogP contribution in [0, 0.1) is 0 Å². The zero-order chi connectivity index (χ0) is 23.8. The number of halogens is 3. The number of nitrogens with zero attached hydrogens (tertiary/aromatic N) is 1. The average Bonchev–Trinajstić information content (AvgIpc) is 3.29. The van der Waals surface area contributed by atoms with Gasteiger partial charge >= 0.3 is 6.18 Å². The van der Waals surface area contributed by atoms with Crippen molar-refractivity contribution in [3.05, 3.63) is 52.7 Å². The predicted octanol–water partition coefficient (Wildman–Crippen LogP) is 3.94. The zero-order valence-corrected chi connectivity index (χ0v) is 18.5. The molecule has 0 radical (unpaired) electrons. The minimum absolute atomic E-state index is 0.0425. The Kier molecular flexibility index (Phi) is 4.64. The third-order valence-electron chi connectivity index (χ3n) is 7.85. The molecule has 3 atom stereocenters. The van der Waals surface area contributed by atoms with Gasteiger partial charge in [-0.15, -0.1) is 0 Å². The van der Waals surface area contributed by atoms with E-state index in [1.807, 2.05) is 18.2 Å². The number of aliphatic hydroxyl groups excluding tert-OH is 1. The number of fused-ring (bicyclic) bond motifs is 2. The van der Waals surface area contributed by atoms with Crippen molar-refractivity contribution in [2.45, 2.75) is 49.4 Å². The van der Waals surface area contributed by atoms with E-state index in [0.29, 0.717) is 43.7 Å². The Labute approximate surface area is 194 Å². The Hall–Kier alpha value is -2.91. The second kappa shape index (κ2) is 7.29. The third-order valence-corrected chi connectivity index (χ3v) is 7.85. The number of aromatic hydroxyl groups is 1. The lowest BCUT2D eigenvalue weighted by Crippen LogP contribution is -2.56. The fourth-order valence-electron chi connectivity index (χ4n) is 6.57. The van der Waals surface area contributed by atoms with Crippen LogP contribution in [0.15, 0.2) is 30.3 Å². The number of rotatable bonds is 4. The van der Waals surface area contributed by atoms with Gasteiger partial charge in [-0.25, -0.2) is 0 Å². The van der Waals surface area contributed by atoms with Gasteiger partial charge in [0, 0.05) is 40.2 Å². The lowest BCUT2D eigenvalue weighted by molar-refractivity contribution is -0.157. The van der Waals surface area contributed by atoms with E-state index in [2.05, 4.69) is 4.98 Å². The summed E-state index contributed by atoms with van der Waals surface area (Å²) in [6.45, 7) is -0.706. The molecule has 3 heterocycles.